The van der Waals surface area contributed by atoms with Crippen molar-refractivity contribution in [2.75, 3.05) is 0 Å². The molecule has 0 bridgehead atoms. The highest BCUT2D eigenvalue weighted by molar-refractivity contribution is 6.44. The molecule has 0 fully saturated rings. The summed E-state index contributed by atoms with van der Waals surface area (Å²) in [5.74, 6) is 0. The Hall–Kier alpha value is 0.870. The largest absolute Gasteiger partial charge is 0.123 e. The number of hydrogen-bond acceptors (Lipinski definition) is 0. The van der Waals surface area contributed by atoms with E-state index in [9.17, 15) is 0 Å². The van der Waals surface area contributed by atoms with Crippen LogP contribution in [0.5, 0.6) is 0 Å². The van der Waals surface area contributed by atoms with E-state index in [1.807, 2.05) is 6.92 Å². The van der Waals surface area contributed by atoms with Crippen LogP contribution in [0.4, 0.5) is 0 Å². The van der Waals surface area contributed by atoms with Gasteiger partial charge in [0, 0.05) is 5.38 Å². The Labute approximate surface area is 77.8 Å². The molecule has 0 spiro atoms. The zero-order valence-electron chi connectivity index (χ0n) is 6.12. The van der Waals surface area contributed by atoms with Crippen molar-refractivity contribution in [3.63, 3.8) is 0 Å². The molecule has 0 aliphatic carbocycles. The molecule has 0 amide bonds. The van der Waals surface area contributed by atoms with Crippen LogP contribution in [0.25, 0.3) is 0 Å². The molecule has 0 aromatic heterocycles. The Morgan fingerprint density at radius 1 is 1.00 bits per heavy atom. The molecule has 0 nitrogen and oxygen atoms in total. The first kappa shape index (κ1) is 10.9. The van der Waals surface area contributed by atoms with E-state index in [0.29, 0.717) is 0 Å². The maximum absolute atomic E-state index is 5.73. The van der Waals surface area contributed by atoms with Gasteiger partial charge in [-0.2, -0.15) is 0 Å². The Kier molecular flexibility index (Phi) is 7.14. The van der Waals surface area contributed by atoms with Gasteiger partial charge in [-0.3, -0.25) is 0 Å². The number of alkyl halides is 3. The average molecular weight is 204 g/mol. The molecule has 62 valence electrons. The molecule has 0 aliphatic heterocycles. The van der Waals surface area contributed by atoms with E-state index in [1.54, 1.807) is 0 Å². The Balaban J connectivity index is 2.91. The molecule has 0 aromatic carbocycles. The minimum absolute atomic E-state index is 0.203. The van der Waals surface area contributed by atoms with Gasteiger partial charge >= 0.3 is 0 Å². The van der Waals surface area contributed by atoms with Crippen LogP contribution < -0.4 is 0 Å². The van der Waals surface area contributed by atoms with E-state index in [-0.39, 0.29) is 10.2 Å². The van der Waals surface area contributed by atoms with Crippen LogP contribution >= 0.6 is 34.8 Å². The second-order valence-corrected chi connectivity index (χ2v) is 4.48. The summed E-state index contributed by atoms with van der Waals surface area (Å²) in [4.78, 5) is -0.203. The summed E-state index contributed by atoms with van der Waals surface area (Å²) in [6, 6.07) is 0. The second-order valence-electron chi connectivity index (χ2n) is 2.46. The quantitative estimate of drug-likeness (QED) is 0.468. The van der Waals surface area contributed by atoms with Gasteiger partial charge in [0.1, 0.15) is 4.84 Å². The van der Waals surface area contributed by atoms with Gasteiger partial charge in [-0.05, 0) is 19.8 Å². The van der Waals surface area contributed by atoms with Crippen LogP contribution in [-0.2, 0) is 0 Å². The second kappa shape index (κ2) is 6.57. The SMILES string of the molecule is CC(Cl)CCCCC(Cl)Cl. The molecule has 3 heteroatoms. The van der Waals surface area contributed by atoms with E-state index >= 15 is 0 Å². The third-order valence-electron chi connectivity index (χ3n) is 1.27. The lowest BCUT2D eigenvalue weighted by Crippen LogP contribution is -1.92. The highest BCUT2D eigenvalue weighted by Crippen LogP contribution is 2.14. The summed E-state index contributed by atoms with van der Waals surface area (Å²) < 4.78 is 0. The van der Waals surface area contributed by atoms with Crippen molar-refractivity contribution in [1.29, 1.82) is 0 Å². The van der Waals surface area contributed by atoms with Crippen LogP contribution in [0, 0.1) is 0 Å². The molecule has 0 heterocycles. The molecule has 0 saturated carbocycles. The van der Waals surface area contributed by atoms with Gasteiger partial charge in [0.2, 0.25) is 0 Å². The third kappa shape index (κ3) is 8.87. The fourth-order valence-corrected chi connectivity index (χ4v) is 1.19. The van der Waals surface area contributed by atoms with Crippen molar-refractivity contribution >= 4 is 34.8 Å². The predicted octanol–water partition coefficient (Wildman–Crippen LogP) is 3.98. The highest BCUT2D eigenvalue weighted by atomic mass is 35.5. The zero-order chi connectivity index (χ0) is 7.98. The number of halogens is 3. The summed E-state index contributed by atoms with van der Waals surface area (Å²) >= 11 is 16.8. The first-order chi connectivity index (χ1) is 4.63. The van der Waals surface area contributed by atoms with Gasteiger partial charge in [-0.1, -0.05) is 12.8 Å². The minimum atomic E-state index is -0.203. The van der Waals surface area contributed by atoms with Crippen LogP contribution in [0.15, 0.2) is 0 Å². The molecule has 0 N–H and O–H groups in total. The fraction of sp³-hybridized carbons (Fsp3) is 1.00. The van der Waals surface area contributed by atoms with Crippen molar-refractivity contribution in [3.05, 3.63) is 0 Å². The van der Waals surface area contributed by atoms with E-state index in [1.165, 1.54) is 0 Å². The van der Waals surface area contributed by atoms with Gasteiger partial charge in [0.05, 0.1) is 0 Å². The van der Waals surface area contributed by atoms with Gasteiger partial charge in [-0.25, -0.2) is 0 Å². The molecule has 1 atom stereocenters. The number of unbranched alkanes of at least 4 members (excludes halogenated alkanes) is 1. The number of rotatable bonds is 5. The minimum Gasteiger partial charge on any atom is -0.123 e. The molecule has 0 saturated heterocycles. The Morgan fingerprint density at radius 2 is 1.50 bits per heavy atom. The standard InChI is InChI=1S/C7H13Cl3/c1-6(8)4-2-3-5-7(9)10/h6-7H,2-5H2,1H3. The van der Waals surface area contributed by atoms with E-state index in [0.717, 1.165) is 25.7 Å². The van der Waals surface area contributed by atoms with Crippen LogP contribution in [0.1, 0.15) is 32.6 Å². The number of hydrogen-bond donors (Lipinski definition) is 0. The van der Waals surface area contributed by atoms with E-state index < -0.39 is 0 Å². The molecule has 10 heavy (non-hydrogen) atoms. The Morgan fingerprint density at radius 3 is 1.90 bits per heavy atom. The zero-order valence-corrected chi connectivity index (χ0v) is 8.38. The lowest BCUT2D eigenvalue weighted by atomic mass is 10.2. The monoisotopic (exact) mass is 202 g/mol. The summed E-state index contributed by atoms with van der Waals surface area (Å²) in [6.07, 6.45) is 4.14. The van der Waals surface area contributed by atoms with E-state index in [2.05, 4.69) is 0 Å². The van der Waals surface area contributed by atoms with Crippen molar-refractivity contribution < 1.29 is 0 Å². The summed E-state index contributed by atoms with van der Waals surface area (Å²) in [5, 5.41) is 0.282. The van der Waals surface area contributed by atoms with E-state index in [4.69, 9.17) is 34.8 Å². The Bertz CT molecular complexity index is 61.3. The first-order valence-corrected chi connectivity index (χ1v) is 4.86. The lowest BCUT2D eigenvalue weighted by molar-refractivity contribution is 0.654. The molecule has 1 unspecified atom stereocenters. The van der Waals surface area contributed by atoms with Gasteiger partial charge in [-0.15, -0.1) is 34.8 Å². The topological polar surface area (TPSA) is 0 Å². The van der Waals surface area contributed by atoms with Crippen LogP contribution in [0.3, 0.4) is 0 Å². The first-order valence-electron chi connectivity index (χ1n) is 3.55. The van der Waals surface area contributed by atoms with Gasteiger partial charge in [0.25, 0.3) is 0 Å². The van der Waals surface area contributed by atoms with Crippen molar-refractivity contribution in [2.45, 2.75) is 42.8 Å². The fourth-order valence-electron chi connectivity index (χ4n) is 0.724. The normalized spacial score (nSPS) is 14.1. The maximum atomic E-state index is 5.73. The van der Waals surface area contributed by atoms with Crippen molar-refractivity contribution in [2.24, 2.45) is 0 Å². The molecule has 0 radical (unpaired) electrons. The summed E-state index contributed by atoms with van der Waals surface area (Å²) in [5.41, 5.74) is 0. The smallest absolute Gasteiger partial charge is 0.107 e. The highest BCUT2D eigenvalue weighted by Gasteiger charge is 1.99. The molecule has 0 rings (SSSR count). The molecular weight excluding hydrogens is 190 g/mol. The molecular formula is C7H13Cl3. The average Bonchev–Trinajstić information content (AvgIpc) is 1.79. The van der Waals surface area contributed by atoms with Gasteiger partial charge < -0.3 is 0 Å². The summed E-state index contributed by atoms with van der Waals surface area (Å²) in [6.45, 7) is 2.00. The predicted molar refractivity (Wildman–Crippen MR) is 49.3 cm³/mol. The van der Waals surface area contributed by atoms with Gasteiger partial charge in [0.15, 0.2) is 0 Å². The summed E-state index contributed by atoms with van der Waals surface area (Å²) in [7, 11) is 0. The molecule has 0 aromatic rings. The van der Waals surface area contributed by atoms with Crippen LogP contribution in [-0.4, -0.2) is 10.2 Å². The molecule has 0 aliphatic rings. The lowest BCUT2D eigenvalue weighted by Gasteiger charge is -2.02. The van der Waals surface area contributed by atoms with Crippen molar-refractivity contribution in [1.82, 2.24) is 0 Å². The van der Waals surface area contributed by atoms with Crippen LogP contribution in [0.2, 0.25) is 0 Å². The maximum Gasteiger partial charge on any atom is 0.107 e. The third-order valence-corrected chi connectivity index (χ3v) is 1.93. The van der Waals surface area contributed by atoms with Crippen molar-refractivity contribution in [3.8, 4) is 0 Å².